The fraction of sp³-hybridized carbons (Fsp3) is 0.190. The van der Waals surface area contributed by atoms with Crippen LogP contribution in [-0.2, 0) is 0 Å². The summed E-state index contributed by atoms with van der Waals surface area (Å²) in [6.07, 6.45) is -1.02. The molecule has 9 nitrogen and oxygen atoms in total. The molecule has 1 N–H and O–H groups in total. The molecule has 1 fully saturated rings. The maximum Gasteiger partial charge on any atom is 0.407 e. The molecule has 0 saturated carbocycles. The molecule has 0 unspecified atom stereocenters. The van der Waals surface area contributed by atoms with Crippen LogP contribution in [0.3, 0.4) is 0 Å². The molecule has 0 bridgehead atoms. The van der Waals surface area contributed by atoms with Gasteiger partial charge in [0.2, 0.25) is 5.78 Å². The van der Waals surface area contributed by atoms with E-state index in [1.165, 1.54) is 44.7 Å². The molecule has 3 heterocycles. The Morgan fingerprint density at radius 2 is 1.66 bits per heavy atom. The van der Waals surface area contributed by atoms with E-state index in [1.807, 2.05) is 0 Å². The van der Waals surface area contributed by atoms with Crippen molar-refractivity contribution in [2.45, 2.75) is 0 Å². The number of nitrogens with zero attached hydrogens (tertiary/aromatic N) is 4. The van der Waals surface area contributed by atoms with Crippen LogP contribution in [0.25, 0.3) is 16.6 Å². The van der Waals surface area contributed by atoms with Gasteiger partial charge in [-0.15, -0.1) is 0 Å². The van der Waals surface area contributed by atoms with Gasteiger partial charge in [0.25, 0.3) is 11.5 Å². The molecule has 2 aliphatic rings. The Morgan fingerprint density at radius 1 is 0.969 bits per heavy atom. The van der Waals surface area contributed by atoms with E-state index in [4.69, 9.17) is 28.3 Å². The summed E-state index contributed by atoms with van der Waals surface area (Å²) in [5.74, 6) is -0.877. The number of hydrogen-bond donors (Lipinski definition) is 1. The van der Waals surface area contributed by atoms with Crippen LogP contribution in [0.1, 0.15) is 26.5 Å². The predicted molar refractivity (Wildman–Crippen MR) is 116 cm³/mol. The van der Waals surface area contributed by atoms with Crippen molar-refractivity contribution in [2.75, 3.05) is 26.2 Å². The van der Waals surface area contributed by atoms with Crippen LogP contribution >= 0.6 is 23.2 Å². The van der Waals surface area contributed by atoms with Gasteiger partial charge in [-0.2, -0.15) is 0 Å². The number of piperazine rings is 1. The smallest absolute Gasteiger partial charge is 0.407 e. The number of halogens is 2. The Balaban J connectivity index is 1.54. The van der Waals surface area contributed by atoms with Gasteiger partial charge in [-0.05, 0) is 30.3 Å². The van der Waals surface area contributed by atoms with Gasteiger partial charge in [-0.3, -0.25) is 19.0 Å². The lowest BCUT2D eigenvalue weighted by atomic mass is 10.1. The maximum atomic E-state index is 13.1. The van der Waals surface area contributed by atoms with Crippen molar-refractivity contribution in [3.05, 3.63) is 67.7 Å². The molecule has 11 heteroatoms. The first-order valence-electron chi connectivity index (χ1n) is 9.64. The van der Waals surface area contributed by atoms with E-state index in [2.05, 4.69) is 4.98 Å². The van der Waals surface area contributed by atoms with Crippen molar-refractivity contribution in [2.24, 2.45) is 0 Å². The Bertz CT molecular complexity index is 1410. The third-order valence-electron chi connectivity index (χ3n) is 5.66. The van der Waals surface area contributed by atoms with Crippen molar-refractivity contribution >= 4 is 51.9 Å². The van der Waals surface area contributed by atoms with Crippen molar-refractivity contribution in [3.63, 3.8) is 0 Å². The quantitative estimate of drug-likeness (QED) is 0.455. The van der Waals surface area contributed by atoms with E-state index >= 15 is 0 Å². The molecule has 32 heavy (non-hydrogen) atoms. The minimum Gasteiger partial charge on any atom is -0.465 e. The van der Waals surface area contributed by atoms with Crippen LogP contribution in [0.15, 0.2) is 35.1 Å². The second kappa shape index (κ2) is 7.32. The van der Waals surface area contributed by atoms with Crippen molar-refractivity contribution in [1.29, 1.82) is 0 Å². The van der Waals surface area contributed by atoms with Gasteiger partial charge in [0, 0.05) is 36.8 Å². The third kappa shape index (κ3) is 3.04. The molecule has 1 saturated heterocycles. The lowest BCUT2D eigenvalue weighted by Crippen LogP contribution is -2.50. The molecule has 2 aromatic carbocycles. The van der Waals surface area contributed by atoms with Gasteiger partial charge >= 0.3 is 6.09 Å². The average Bonchev–Trinajstić information content (AvgIpc) is 3.04. The summed E-state index contributed by atoms with van der Waals surface area (Å²) in [5.41, 5.74) is 0.493. The van der Waals surface area contributed by atoms with E-state index in [0.29, 0.717) is 5.69 Å². The number of fused-ring (bicyclic) bond motifs is 4. The van der Waals surface area contributed by atoms with Crippen LogP contribution in [0.5, 0.6) is 0 Å². The predicted octanol–water partition coefficient (Wildman–Crippen LogP) is 2.67. The first-order valence-corrected chi connectivity index (χ1v) is 10.4. The molecule has 3 aromatic rings. The molecule has 5 rings (SSSR count). The highest BCUT2D eigenvalue weighted by molar-refractivity contribution is 6.38. The van der Waals surface area contributed by atoms with Gasteiger partial charge in [0.15, 0.2) is 5.82 Å². The summed E-state index contributed by atoms with van der Waals surface area (Å²) in [7, 11) is 0. The lowest BCUT2D eigenvalue weighted by molar-refractivity contribution is 0.0625. The van der Waals surface area contributed by atoms with Crippen LogP contribution in [-0.4, -0.2) is 68.4 Å². The number of amides is 2. The second-order valence-corrected chi connectivity index (χ2v) is 8.32. The highest BCUT2D eigenvalue weighted by Crippen LogP contribution is 2.30. The third-order valence-corrected chi connectivity index (χ3v) is 6.18. The molecule has 2 amide bonds. The summed E-state index contributed by atoms with van der Waals surface area (Å²) in [5, 5.41) is 9.63. The first-order chi connectivity index (χ1) is 15.3. The fourth-order valence-electron chi connectivity index (χ4n) is 4.06. The number of carbonyl (C=O) groups is 3. The van der Waals surface area contributed by atoms with Gasteiger partial charge < -0.3 is 14.9 Å². The van der Waals surface area contributed by atoms with E-state index < -0.39 is 17.4 Å². The van der Waals surface area contributed by atoms with Gasteiger partial charge in [-0.1, -0.05) is 23.2 Å². The summed E-state index contributed by atoms with van der Waals surface area (Å²) in [4.78, 5) is 57.2. The van der Waals surface area contributed by atoms with E-state index in [9.17, 15) is 19.2 Å². The molecule has 0 atom stereocenters. The van der Waals surface area contributed by atoms with E-state index in [1.54, 1.807) is 0 Å². The number of benzene rings is 2. The highest BCUT2D eigenvalue weighted by Gasteiger charge is 2.33. The van der Waals surface area contributed by atoms with Crippen molar-refractivity contribution in [1.82, 2.24) is 19.4 Å². The van der Waals surface area contributed by atoms with Crippen LogP contribution in [0.2, 0.25) is 10.0 Å². The molecule has 0 radical (unpaired) electrons. The molecular formula is C21H14Cl2N4O5. The molecule has 2 aliphatic heterocycles. The largest absolute Gasteiger partial charge is 0.465 e. The van der Waals surface area contributed by atoms with Gasteiger partial charge in [-0.25, -0.2) is 9.78 Å². The molecule has 1 aromatic heterocycles. The van der Waals surface area contributed by atoms with Crippen LogP contribution < -0.4 is 5.56 Å². The number of ketones is 1. The summed E-state index contributed by atoms with van der Waals surface area (Å²) < 4.78 is 1.19. The summed E-state index contributed by atoms with van der Waals surface area (Å²) in [6, 6.07) is 7.41. The monoisotopic (exact) mass is 472 g/mol. The first kappa shape index (κ1) is 20.5. The SMILES string of the molecule is O=C1c2cc(C(=O)N3CCN(C(=O)O)CC3)ccc2-n2c1nc1cc(Cl)cc(Cl)c1c2=O. The van der Waals surface area contributed by atoms with Crippen LogP contribution in [0.4, 0.5) is 4.79 Å². The van der Waals surface area contributed by atoms with Gasteiger partial charge in [0.05, 0.1) is 27.2 Å². The highest BCUT2D eigenvalue weighted by atomic mass is 35.5. The Kier molecular flexibility index (Phi) is 4.68. The number of carboxylic acid groups (broad SMARTS) is 1. The molecule has 0 aliphatic carbocycles. The van der Waals surface area contributed by atoms with E-state index in [0.717, 1.165) is 0 Å². The van der Waals surface area contributed by atoms with Crippen LogP contribution in [0, 0.1) is 0 Å². The average molecular weight is 473 g/mol. The Labute approximate surface area is 190 Å². The maximum absolute atomic E-state index is 13.1. The van der Waals surface area contributed by atoms with Crippen molar-refractivity contribution in [3.8, 4) is 5.69 Å². The fourth-order valence-corrected chi connectivity index (χ4v) is 4.62. The van der Waals surface area contributed by atoms with Crippen molar-refractivity contribution < 1.29 is 19.5 Å². The standard InChI is InChI=1S/C21H14Cl2N4O5/c22-11-8-13(23)16-14(9-11)24-18-17(28)12-7-10(1-2-15(12)27(18)20(16)30)19(29)25-3-5-26(6-4-25)21(31)32/h1-2,7-9H,3-6H2,(H,31,32). The van der Waals surface area contributed by atoms with Gasteiger partial charge in [0.1, 0.15) is 0 Å². The number of hydrogen-bond acceptors (Lipinski definition) is 5. The zero-order valence-electron chi connectivity index (χ0n) is 16.3. The molecule has 162 valence electrons. The number of carbonyl (C=O) groups excluding carboxylic acids is 2. The minimum absolute atomic E-state index is 0.0736. The zero-order chi connectivity index (χ0) is 22.7. The number of aromatic nitrogens is 2. The normalized spacial score (nSPS) is 15.1. The zero-order valence-corrected chi connectivity index (χ0v) is 17.9. The topological polar surface area (TPSA) is 113 Å². The Morgan fingerprint density at radius 3 is 2.34 bits per heavy atom. The molecule has 0 spiro atoms. The number of rotatable bonds is 1. The summed E-state index contributed by atoms with van der Waals surface area (Å²) in [6.45, 7) is 0.932. The lowest BCUT2D eigenvalue weighted by Gasteiger charge is -2.33. The Hall–Kier alpha value is -3.43. The summed E-state index contributed by atoms with van der Waals surface area (Å²) >= 11 is 12.2. The van der Waals surface area contributed by atoms with E-state index in [-0.39, 0.29) is 70.0 Å². The second-order valence-electron chi connectivity index (χ2n) is 7.48. The molecular weight excluding hydrogens is 459 g/mol. The minimum atomic E-state index is -1.02.